The van der Waals surface area contributed by atoms with Crippen LogP contribution in [0.1, 0.15) is 35.1 Å². The van der Waals surface area contributed by atoms with Crippen LogP contribution in [0.25, 0.3) is 0 Å². The van der Waals surface area contributed by atoms with Gasteiger partial charge in [-0.15, -0.1) is 11.3 Å². The van der Waals surface area contributed by atoms with Crippen LogP contribution in [-0.4, -0.2) is 30.7 Å². The summed E-state index contributed by atoms with van der Waals surface area (Å²) in [7, 11) is 0. The van der Waals surface area contributed by atoms with Crippen LogP contribution >= 0.6 is 11.3 Å². The number of aryl methyl sites for hydroxylation is 1. The minimum absolute atomic E-state index is 0.233. The molecule has 2 nitrogen and oxygen atoms in total. The maximum Gasteiger partial charge on any atom is 0.391 e. The predicted molar refractivity (Wildman–Crippen MR) is 80.5 cm³/mol. The van der Waals surface area contributed by atoms with Crippen LogP contribution < -0.4 is 5.32 Å². The maximum absolute atomic E-state index is 12.7. The number of likely N-dealkylation sites (tertiary alicyclic amines) is 1. The number of nitrogens with one attached hydrogen (secondary N) is 1. The molecule has 0 unspecified atom stereocenters. The lowest BCUT2D eigenvalue weighted by molar-refractivity contribution is -0.185. The van der Waals surface area contributed by atoms with Gasteiger partial charge in [-0.1, -0.05) is 6.92 Å². The zero-order valence-electron chi connectivity index (χ0n) is 12.6. The third-order valence-electron chi connectivity index (χ3n) is 4.07. The van der Waals surface area contributed by atoms with Gasteiger partial charge in [0, 0.05) is 22.8 Å². The van der Waals surface area contributed by atoms with Crippen molar-refractivity contribution in [1.29, 1.82) is 0 Å². The Morgan fingerprint density at radius 2 is 2.00 bits per heavy atom. The summed E-state index contributed by atoms with van der Waals surface area (Å²) in [6.45, 7) is 7.85. The van der Waals surface area contributed by atoms with E-state index < -0.39 is 12.1 Å². The predicted octanol–water partition coefficient (Wildman–Crippen LogP) is 3.94. The number of alkyl halides is 3. The highest BCUT2D eigenvalue weighted by atomic mass is 32.1. The van der Waals surface area contributed by atoms with Crippen molar-refractivity contribution in [1.82, 2.24) is 10.2 Å². The second kappa shape index (κ2) is 7.11. The van der Waals surface area contributed by atoms with Crippen molar-refractivity contribution in [3.05, 3.63) is 21.4 Å². The van der Waals surface area contributed by atoms with Crippen LogP contribution in [0.15, 0.2) is 6.07 Å². The summed E-state index contributed by atoms with van der Waals surface area (Å²) in [6, 6.07) is 2.19. The first-order valence-electron chi connectivity index (χ1n) is 7.48. The number of piperidine rings is 1. The molecule has 2 rings (SSSR count). The molecule has 1 aliphatic rings. The van der Waals surface area contributed by atoms with Gasteiger partial charge in [0.1, 0.15) is 0 Å². The lowest BCUT2D eigenvalue weighted by atomic mass is 9.96. The van der Waals surface area contributed by atoms with Gasteiger partial charge in [-0.2, -0.15) is 13.2 Å². The molecule has 6 heteroatoms. The molecule has 0 aliphatic carbocycles. The van der Waals surface area contributed by atoms with Gasteiger partial charge in [-0.3, -0.25) is 4.90 Å². The fourth-order valence-corrected chi connectivity index (χ4v) is 3.76. The molecule has 1 aromatic rings. The van der Waals surface area contributed by atoms with Gasteiger partial charge >= 0.3 is 6.18 Å². The highest BCUT2D eigenvalue weighted by Gasteiger charge is 2.40. The molecule has 0 spiro atoms. The molecule has 0 amide bonds. The van der Waals surface area contributed by atoms with Crippen LogP contribution in [0.4, 0.5) is 13.2 Å². The summed E-state index contributed by atoms with van der Waals surface area (Å²) >= 11 is 1.78. The van der Waals surface area contributed by atoms with Gasteiger partial charge in [0.05, 0.1) is 5.92 Å². The number of rotatable bonds is 5. The summed E-state index contributed by atoms with van der Waals surface area (Å²) in [4.78, 5) is 4.73. The van der Waals surface area contributed by atoms with Crippen molar-refractivity contribution in [2.45, 2.75) is 46.0 Å². The normalized spacial score (nSPS) is 18.3. The second-order valence-electron chi connectivity index (χ2n) is 5.67. The van der Waals surface area contributed by atoms with E-state index in [1.54, 1.807) is 11.3 Å². The second-order valence-corrected chi connectivity index (χ2v) is 7.01. The summed E-state index contributed by atoms with van der Waals surface area (Å²) in [5.41, 5.74) is 1.26. The molecule has 0 aromatic carbocycles. The Morgan fingerprint density at radius 1 is 1.33 bits per heavy atom. The van der Waals surface area contributed by atoms with E-state index in [0.29, 0.717) is 13.1 Å². The molecule has 1 fully saturated rings. The minimum atomic E-state index is -4.02. The van der Waals surface area contributed by atoms with Crippen molar-refractivity contribution in [2.75, 3.05) is 19.6 Å². The van der Waals surface area contributed by atoms with Crippen LogP contribution in [0.3, 0.4) is 0 Å². The van der Waals surface area contributed by atoms with Gasteiger partial charge in [0.25, 0.3) is 0 Å². The number of nitrogens with zero attached hydrogens (tertiary/aromatic N) is 1. The van der Waals surface area contributed by atoms with Gasteiger partial charge in [-0.25, -0.2) is 0 Å². The molecule has 120 valence electrons. The van der Waals surface area contributed by atoms with E-state index in [4.69, 9.17) is 0 Å². The number of hydrogen-bond donors (Lipinski definition) is 1. The minimum Gasteiger partial charge on any atom is -0.312 e. The van der Waals surface area contributed by atoms with Gasteiger partial charge < -0.3 is 5.32 Å². The molecule has 0 bridgehead atoms. The van der Waals surface area contributed by atoms with Gasteiger partial charge in [0.2, 0.25) is 0 Å². The highest BCUT2D eigenvalue weighted by Crippen LogP contribution is 2.34. The molecular formula is C15H23F3N2S. The molecule has 1 saturated heterocycles. The largest absolute Gasteiger partial charge is 0.391 e. The monoisotopic (exact) mass is 320 g/mol. The van der Waals surface area contributed by atoms with E-state index in [2.05, 4.69) is 30.1 Å². The van der Waals surface area contributed by atoms with Crippen molar-refractivity contribution in [3.8, 4) is 0 Å². The van der Waals surface area contributed by atoms with Crippen LogP contribution in [0.5, 0.6) is 0 Å². The fraction of sp³-hybridized carbons (Fsp3) is 0.733. The Bertz CT molecular complexity index is 448. The Morgan fingerprint density at radius 3 is 2.57 bits per heavy atom. The van der Waals surface area contributed by atoms with E-state index in [9.17, 15) is 13.2 Å². The molecule has 0 atom stereocenters. The van der Waals surface area contributed by atoms with Crippen LogP contribution in [0, 0.1) is 12.8 Å². The zero-order chi connectivity index (χ0) is 15.5. The SMILES string of the molecule is CCNCc1cc(CN2CCC(C(F)(F)F)CC2)c(C)s1. The van der Waals surface area contributed by atoms with Crippen LogP contribution in [0.2, 0.25) is 0 Å². The topological polar surface area (TPSA) is 15.3 Å². The lowest BCUT2D eigenvalue weighted by Gasteiger charge is -2.32. The number of thiophene rings is 1. The average Bonchev–Trinajstić information content (AvgIpc) is 2.76. The quantitative estimate of drug-likeness (QED) is 0.884. The third kappa shape index (κ3) is 4.69. The molecule has 1 N–H and O–H groups in total. The third-order valence-corrected chi connectivity index (χ3v) is 5.16. The van der Waals surface area contributed by atoms with Crippen molar-refractivity contribution < 1.29 is 13.2 Å². The van der Waals surface area contributed by atoms with Crippen molar-refractivity contribution in [2.24, 2.45) is 5.92 Å². The van der Waals surface area contributed by atoms with E-state index >= 15 is 0 Å². The Kier molecular flexibility index (Phi) is 5.68. The van der Waals surface area contributed by atoms with Crippen molar-refractivity contribution >= 4 is 11.3 Å². The van der Waals surface area contributed by atoms with E-state index in [1.807, 2.05) is 0 Å². The first-order valence-corrected chi connectivity index (χ1v) is 8.29. The Hall–Kier alpha value is -0.590. The van der Waals surface area contributed by atoms with Gasteiger partial charge in [-0.05, 0) is 51.0 Å². The molecule has 1 aromatic heterocycles. The van der Waals surface area contributed by atoms with Crippen LogP contribution in [-0.2, 0) is 13.1 Å². The maximum atomic E-state index is 12.7. The standard InChI is InChI=1S/C15H23F3N2S/c1-3-19-9-14-8-12(11(2)21-14)10-20-6-4-13(5-7-20)15(16,17)18/h8,13,19H,3-7,9-10H2,1-2H3. The number of halogens is 3. The smallest absolute Gasteiger partial charge is 0.312 e. The lowest BCUT2D eigenvalue weighted by Crippen LogP contribution is -2.38. The zero-order valence-corrected chi connectivity index (χ0v) is 13.4. The molecule has 0 saturated carbocycles. The summed E-state index contributed by atoms with van der Waals surface area (Å²) < 4.78 is 38.0. The first-order chi connectivity index (χ1) is 9.90. The average molecular weight is 320 g/mol. The Balaban J connectivity index is 1.87. The summed E-state index contributed by atoms with van der Waals surface area (Å²) in [5, 5.41) is 3.30. The first kappa shape index (κ1) is 16.8. The number of hydrogen-bond acceptors (Lipinski definition) is 3. The van der Waals surface area contributed by atoms with Gasteiger partial charge in [0.15, 0.2) is 0 Å². The molecule has 0 radical (unpaired) electrons. The van der Waals surface area contributed by atoms with Crippen molar-refractivity contribution in [3.63, 3.8) is 0 Å². The molecule has 1 aliphatic heterocycles. The Labute approximate surface area is 128 Å². The summed E-state index contributed by atoms with van der Waals surface area (Å²) in [5.74, 6) is -1.11. The van der Waals surface area contributed by atoms with E-state index in [1.165, 1.54) is 15.3 Å². The molecule has 2 heterocycles. The van der Waals surface area contributed by atoms with E-state index in [0.717, 1.165) is 19.6 Å². The molecular weight excluding hydrogens is 297 g/mol. The van der Waals surface area contributed by atoms with E-state index in [-0.39, 0.29) is 12.8 Å². The summed E-state index contributed by atoms with van der Waals surface area (Å²) in [6.07, 6.45) is -3.56. The molecule has 21 heavy (non-hydrogen) atoms. The fourth-order valence-electron chi connectivity index (χ4n) is 2.74. The highest BCUT2D eigenvalue weighted by molar-refractivity contribution is 7.12.